The van der Waals surface area contributed by atoms with E-state index in [9.17, 15) is 13.2 Å². The van der Waals surface area contributed by atoms with E-state index < -0.39 is 9.84 Å². The van der Waals surface area contributed by atoms with Crippen molar-refractivity contribution in [2.45, 2.75) is 30.6 Å². The highest BCUT2D eigenvalue weighted by atomic mass is 35.5. The number of likely N-dealkylation sites (tertiary alicyclic amines) is 1. The van der Waals surface area contributed by atoms with Crippen LogP contribution in [0.15, 0.2) is 52.5 Å². The first-order valence-corrected chi connectivity index (χ1v) is 14.2. The lowest BCUT2D eigenvalue weighted by atomic mass is 10.1. The average molecular weight is 523 g/mol. The molecule has 7 nitrogen and oxygen atoms in total. The van der Waals surface area contributed by atoms with E-state index in [1.54, 1.807) is 36.4 Å². The number of benzene rings is 2. The fourth-order valence-electron chi connectivity index (χ4n) is 4.49. The molecule has 2 aromatic carbocycles. The molecule has 0 spiro atoms. The smallest absolute Gasteiger partial charge is 0.320 e. The molecule has 0 radical (unpaired) electrons. The Morgan fingerprint density at radius 1 is 1.15 bits per heavy atom. The van der Waals surface area contributed by atoms with Crippen molar-refractivity contribution in [2.24, 2.45) is 12.0 Å². The molecule has 2 heterocycles. The van der Waals surface area contributed by atoms with Gasteiger partial charge >= 0.3 is 5.91 Å². The summed E-state index contributed by atoms with van der Waals surface area (Å²) >= 11 is 7.47. The van der Waals surface area contributed by atoms with Gasteiger partial charge in [0.15, 0.2) is 14.6 Å². The van der Waals surface area contributed by atoms with E-state index in [0.717, 1.165) is 39.8 Å². The summed E-state index contributed by atoms with van der Waals surface area (Å²) < 4.78 is 28.3. The van der Waals surface area contributed by atoms with Gasteiger partial charge in [0.05, 0.1) is 49.5 Å². The Balaban J connectivity index is 1.58. The van der Waals surface area contributed by atoms with Crippen molar-refractivity contribution in [2.75, 3.05) is 32.0 Å². The summed E-state index contributed by atoms with van der Waals surface area (Å²) in [4.78, 5) is 18.9. The third kappa shape index (κ3) is 5.13. The highest BCUT2D eigenvalue weighted by molar-refractivity contribution is 7.91. The van der Waals surface area contributed by atoms with Gasteiger partial charge in [-0.05, 0) is 65.6 Å². The summed E-state index contributed by atoms with van der Waals surface area (Å²) in [7, 11) is -1.76. The highest BCUT2D eigenvalue weighted by Gasteiger charge is 2.42. The van der Waals surface area contributed by atoms with E-state index in [0.29, 0.717) is 24.7 Å². The van der Waals surface area contributed by atoms with E-state index in [4.69, 9.17) is 16.7 Å². The number of halogens is 1. The second-order valence-electron chi connectivity index (χ2n) is 8.66. The molecule has 1 fully saturated rings. The van der Waals surface area contributed by atoms with E-state index in [1.807, 2.05) is 17.8 Å². The molecule has 1 aromatic heterocycles. The number of quaternary nitrogens is 1. The van der Waals surface area contributed by atoms with Gasteiger partial charge in [0.1, 0.15) is 0 Å². The van der Waals surface area contributed by atoms with Crippen molar-refractivity contribution in [1.29, 1.82) is 0 Å². The number of thiazole rings is 1. The van der Waals surface area contributed by atoms with Gasteiger partial charge in [-0.15, -0.1) is 0 Å². The number of aryl methyl sites for hydroxylation is 1. The van der Waals surface area contributed by atoms with Gasteiger partial charge in [0.25, 0.3) is 0 Å². The molecule has 0 saturated carbocycles. The molecule has 1 aliphatic rings. The zero-order chi connectivity index (χ0) is 24.3. The molecule has 0 bridgehead atoms. The minimum atomic E-state index is -3.63. The summed E-state index contributed by atoms with van der Waals surface area (Å²) in [5, 5.41) is 12.2. The van der Waals surface area contributed by atoms with Crippen molar-refractivity contribution in [1.82, 2.24) is 9.05 Å². The first kappa shape index (κ1) is 25.1. The van der Waals surface area contributed by atoms with Crippen molar-refractivity contribution < 1.29 is 18.3 Å². The monoisotopic (exact) mass is 522 g/mol. The number of fused-ring (bicyclic) bond motifs is 1. The molecule has 0 unspecified atom stereocenters. The number of hydrogen-bond acceptors (Lipinski definition) is 6. The summed E-state index contributed by atoms with van der Waals surface area (Å²) in [5.41, 5.74) is 0. The number of aliphatic hydroxyl groups excluding tert-OH is 1. The predicted octanol–water partition coefficient (Wildman–Crippen LogP) is 3.67. The molecule has 10 heteroatoms. The van der Waals surface area contributed by atoms with Crippen LogP contribution in [0.1, 0.15) is 25.7 Å². The van der Waals surface area contributed by atoms with Gasteiger partial charge in [-0.2, -0.15) is 0 Å². The molecule has 4 rings (SSSR count). The number of piperidine rings is 1. The lowest BCUT2D eigenvalue weighted by molar-refractivity contribution is -0.130. The van der Waals surface area contributed by atoms with E-state index in [-0.39, 0.29) is 34.1 Å². The Hall–Kier alpha value is -2.04. The second kappa shape index (κ2) is 10.3. The first-order valence-electron chi connectivity index (χ1n) is 11.4. The quantitative estimate of drug-likeness (QED) is 0.479. The highest BCUT2D eigenvalue weighted by Crippen LogP contribution is 2.32. The van der Waals surface area contributed by atoms with Crippen LogP contribution in [-0.4, -0.2) is 56.0 Å². The minimum absolute atomic E-state index is 0.0359. The van der Waals surface area contributed by atoms with E-state index >= 15 is 0 Å². The lowest BCUT2D eigenvalue weighted by Gasteiger charge is -2.36. The van der Waals surface area contributed by atoms with Gasteiger partial charge in [-0.25, -0.2) is 17.7 Å². The second-order valence-corrected chi connectivity index (χ2v) is 12.2. The van der Waals surface area contributed by atoms with Gasteiger partial charge in [0.2, 0.25) is 5.00 Å². The summed E-state index contributed by atoms with van der Waals surface area (Å²) in [6.45, 7) is 1.59. The normalized spacial score (nSPS) is 16.7. The van der Waals surface area contributed by atoms with E-state index in [1.165, 1.54) is 11.3 Å². The Kier molecular flexibility index (Phi) is 7.59. The topological polar surface area (TPSA) is 88.7 Å². The molecule has 1 saturated heterocycles. The van der Waals surface area contributed by atoms with Gasteiger partial charge < -0.3 is 9.67 Å². The van der Waals surface area contributed by atoms with Crippen molar-refractivity contribution in [3.63, 3.8) is 0 Å². The van der Waals surface area contributed by atoms with Crippen molar-refractivity contribution in [3.05, 3.63) is 52.4 Å². The Bertz CT molecular complexity index is 1370. The van der Waals surface area contributed by atoms with Crippen LogP contribution in [-0.2, 0) is 21.7 Å². The van der Waals surface area contributed by atoms with Crippen LogP contribution in [0.25, 0.3) is 10.8 Å². The zero-order valence-corrected chi connectivity index (χ0v) is 21.5. The molecular weight excluding hydrogens is 494 g/mol. The minimum Gasteiger partial charge on any atom is -0.394 e. The number of hydrogen-bond donors (Lipinski definition) is 1. The van der Waals surface area contributed by atoms with Gasteiger partial charge in [-0.1, -0.05) is 23.7 Å². The maximum Gasteiger partial charge on any atom is 0.320 e. The fraction of sp³-hybridized carbons (Fsp3) is 0.417. The average Bonchev–Trinajstić information content (AvgIpc) is 3.22. The summed E-state index contributed by atoms with van der Waals surface area (Å²) in [5.74, 6) is -0.309. The van der Waals surface area contributed by atoms with Crippen LogP contribution < -0.4 is 9.28 Å². The van der Waals surface area contributed by atoms with Crippen LogP contribution in [0, 0.1) is 0 Å². The lowest BCUT2D eigenvalue weighted by Crippen LogP contribution is -2.57. The molecule has 34 heavy (non-hydrogen) atoms. The number of aromatic nitrogens is 1. The van der Waals surface area contributed by atoms with Crippen LogP contribution >= 0.6 is 22.9 Å². The number of carbonyl (C=O) groups is 1. The van der Waals surface area contributed by atoms with Crippen LogP contribution in [0.4, 0.5) is 5.00 Å². The SMILES string of the molecule is Cn1cc([N+]2(C(=O)CCS(=O)(=O)c3ccc4cc(Cl)ccc4c3)CCCCC2)sc1=NCCO. The first-order chi connectivity index (χ1) is 16.2. The summed E-state index contributed by atoms with van der Waals surface area (Å²) in [6, 6.07) is 10.3. The molecular formula is C24H29ClN3O4S2+. The fourth-order valence-corrected chi connectivity index (χ4v) is 7.14. The Morgan fingerprint density at radius 2 is 1.85 bits per heavy atom. The van der Waals surface area contributed by atoms with Crippen LogP contribution in [0.3, 0.4) is 0 Å². The number of carbonyl (C=O) groups excluding carboxylic acids is 1. The third-order valence-corrected chi connectivity index (χ3v) is 9.56. The standard InChI is InChI=1S/C24H29ClN3O4S2/c1-27-17-23(33-24(27)26-10-13-29)28(11-3-2-4-12-28)22(30)9-14-34(31,32)21-8-6-18-15-20(25)7-5-19(18)16-21/h5-8,15-17,29H,2-4,9-14H2,1H3/q+1. The van der Waals surface area contributed by atoms with E-state index in [2.05, 4.69) is 4.99 Å². The van der Waals surface area contributed by atoms with Crippen LogP contribution in [0.2, 0.25) is 5.02 Å². The molecule has 0 atom stereocenters. The molecule has 182 valence electrons. The van der Waals surface area contributed by atoms with Gasteiger partial charge in [-0.3, -0.25) is 4.99 Å². The molecule has 3 aromatic rings. The van der Waals surface area contributed by atoms with Crippen molar-refractivity contribution >= 4 is 54.5 Å². The molecule has 0 aliphatic carbocycles. The van der Waals surface area contributed by atoms with Crippen molar-refractivity contribution in [3.8, 4) is 0 Å². The number of rotatable bonds is 7. The van der Waals surface area contributed by atoms with Gasteiger partial charge in [0, 0.05) is 12.1 Å². The number of amides is 1. The van der Waals surface area contributed by atoms with Crippen LogP contribution in [0.5, 0.6) is 0 Å². The molecule has 1 amide bonds. The Labute approximate surface area is 208 Å². The summed E-state index contributed by atoms with van der Waals surface area (Å²) in [6.07, 6.45) is 4.76. The third-order valence-electron chi connectivity index (χ3n) is 6.35. The predicted molar refractivity (Wildman–Crippen MR) is 137 cm³/mol. The number of aliphatic hydroxyl groups is 1. The maximum atomic E-state index is 13.6. The largest absolute Gasteiger partial charge is 0.394 e. The maximum absolute atomic E-state index is 13.6. The number of nitrogens with zero attached hydrogens (tertiary/aromatic N) is 3. The number of sulfone groups is 1. The zero-order valence-electron chi connectivity index (χ0n) is 19.1. The Morgan fingerprint density at radius 3 is 2.59 bits per heavy atom. The molecule has 1 aliphatic heterocycles. The molecule has 1 N–H and O–H groups in total.